The van der Waals surface area contributed by atoms with Crippen LogP contribution in [0.2, 0.25) is 0 Å². The Morgan fingerprint density at radius 2 is 1.68 bits per heavy atom. The molecule has 8 heteroatoms. The maximum atomic E-state index is 12.8. The molecule has 2 aromatic carbocycles. The third-order valence-corrected chi connectivity index (χ3v) is 5.38. The van der Waals surface area contributed by atoms with Gasteiger partial charge in [-0.15, -0.1) is 0 Å². The number of hydrogen-bond acceptors (Lipinski definition) is 7. The lowest BCUT2D eigenvalue weighted by molar-refractivity contribution is 0.354. The first-order chi connectivity index (χ1) is 11.9. The van der Waals surface area contributed by atoms with Gasteiger partial charge in [0.25, 0.3) is 0 Å². The highest BCUT2D eigenvalue weighted by atomic mass is 32.2. The number of methoxy groups -OCH3 is 2. The highest BCUT2D eigenvalue weighted by Crippen LogP contribution is 2.32. The second-order valence-electron chi connectivity index (χ2n) is 5.14. The van der Waals surface area contributed by atoms with E-state index < -0.39 is 20.4 Å². The standard InChI is InChI=1S/C17H14O7S/c1-22-13-6-5-12(9-15(13)23-2)25(20,21)16-7-10-3-4-11(18)8-14(10)24-17(16)19/h3-9,18H,1-2H3. The van der Waals surface area contributed by atoms with Crippen LogP contribution in [0.5, 0.6) is 17.2 Å². The van der Waals surface area contributed by atoms with Crippen molar-refractivity contribution in [1.29, 1.82) is 0 Å². The summed E-state index contributed by atoms with van der Waals surface area (Å²) in [6.07, 6.45) is 0. The monoisotopic (exact) mass is 362 g/mol. The molecule has 0 fully saturated rings. The van der Waals surface area contributed by atoms with E-state index >= 15 is 0 Å². The minimum atomic E-state index is -4.13. The van der Waals surface area contributed by atoms with Crippen molar-refractivity contribution in [2.24, 2.45) is 0 Å². The SMILES string of the molecule is COc1ccc(S(=O)(=O)c2cc3ccc(O)cc3oc2=O)cc1OC. The van der Waals surface area contributed by atoms with Gasteiger partial charge in [-0.05, 0) is 30.3 Å². The molecule has 3 rings (SSSR count). The fraction of sp³-hybridized carbons (Fsp3) is 0.118. The van der Waals surface area contributed by atoms with E-state index in [0.29, 0.717) is 11.1 Å². The zero-order valence-corrected chi connectivity index (χ0v) is 14.2. The van der Waals surface area contributed by atoms with Gasteiger partial charge < -0.3 is 19.0 Å². The number of hydrogen-bond donors (Lipinski definition) is 1. The summed E-state index contributed by atoms with van der Waals surface area (Å²) in [6.45, 7) is 0. The van der Waals surface area contributed by atoms with Crippen molar-refractivity contribution in [3.63, 3.8) is 0 Å². The van der Waals surface area contributed by atoms with Crippen molar-refractivity contribution in [2.75, 3.05) is 14.2 Å². The van der Waals surface area contributed by atoms with Crippen LogP contribution < -0.4 is 15.1 Å². The molecule has 0 radical (unpaired) electrons. The summed E-state index contributed by atoms with van der Waals surface area (Å²) in [6, 6.07) is 9.31. The first-order valence-electron chi connectivity index (χ1n) is 7.11. The number of ether oxygens (including phenoxy) is 2. The molecule has 1 aromatic heterocycles. The quantitative estimate of drug-likeness (QED) is 0.711. The average Bonchev–Trinajstić information content (AvgIpc) is 2.60. The van der Waals surface area contributed by atoms with Gasteiger partial charge in [-0.3, -0.25) is 0 Å². The lowest BCUT2D eigenvalue weighted by Crippen LogP contribution is -2.14. The zero-order valence-electron chi connectivity index (χ0n) is 13.3. The van der Waals surface area contributed by atoms with Crippen LogP contribution in [-0.2, 0) is 9.84 Å². The van der Waals surface area contributed by atoms with Crippen LogP contribution in [0.3, 0.4) is 0 Å². The number of aromatic hydroxyl groups is 1. The first kappa shape index (κ1) is 16.8. The van der Waals surface area contributed by atoms with Gasteiger partial charge in [-0.25, -0.2) is 13.2 Å². The number of rotatable bonds is 4. The zero-order chi connectivity index (χ0) is 18.2. The lowest BCUT2D eigenvalue weighted by atomic mass is 10.2. The summed E-state index contributed by atoms with van der Waals surface area (Å²) in [5.41, 5.74) is -0.927. The van der Waals surface area contributed by atoms with E-state index in [1.165, 1.54) is 56.7 Å². The second-order valence-corrected chi connectivity index (χ2v) is 7.06. The molecular weight excluding hydrogens is 348 g/mol. The second kappa shape index (κ2) is 6.14. The summed E-state index contributed by atoms with van der Waals surface area (Å²) in [5.74, 6) is 0.493. The molecule has 0 aliphatic rings. The molecule has 3 aromatic rings. The predicted octanol–water partition coefficient (Wildman–Crippen LogP) is 2.35. The van der Waals surface area contributed by atoms with Crippen LogP contribution in [0.25, 0.3) is 11.0 Å². The maximum Gasteiger partial charge on any atom is 0.355 e. The van der Waals surface area contributed by atoms with Gasteiger partial charge in [0.15, 0.2) is 16.4 Å². The number of sulfone groups is 1. The number of phenols is 1. The van der Waals surface area contributed by atoms with E-state index in [1.54, 1.807) is 0 Å². The van der Waals surface area contributed by atoms with Gasteiger partial charge >= 0.3 is 5.63 Å². The first-order valence-corrected chi connectivity index (χ1v) is 8.59. The Kier molecular flexibility index (Phi) is 4.13. The Bertz CT molecular complexity index is 1110. The van der Waals surface area contributed by atoms with E-state index in [0.717, 1.165) is 0 Å². The molecule has 7 nitrogen and oxygen atoms in total. The van der Waals surface area contributed by atoms with Crippen LogP contribution >= 0.6 is 0 Å². The molecule has 1 N–H and O–H groups in total. The largest absolute Gasteiger partial charge is 0.508 e. The summed E-state index contributed by atoms with van der Waals surface area (Å²) < 4.78 is 40.9. The van der Waals surface area contributed by atoms with Crippen LogP contribution in [0.1, 0.15) is 0 Å². The molecule has 0 amide bonds. The number of benzene rings is 2. The Hall–Kier alpha value is -3.00. The summed E-state index contributed by atoms with van der Waals surface area (Å²) in [4.78, 5) is 11.5. The normalized spacial score (nSPS) is 11.4. The maximum absolute atomic E-state index is 12.8. The van der Waals surface area contributed by atoms with Gasteiger partial charge in [0, 0.05) is 17.5 Å². The van der Waals surface area contributed by atoms with E-state index in [4.69, 9.17) is 13.9 Å². The highest BCUT2D eigenvalue weighted by molar-refractivity contribution is 7.91. The molecule has 0 spiro atoms. The van der Waals surface area contributed by atoms with E-state index in [2.05, 4.69) is 0 Å². The molecular formula is C17H14O7S. The van der Waals surface area contributed by atoms with Gasteiger partial charge in [-0.1, -0.05) is 0 Å². The summed E-state index contributed by atoms with van der Waals surface area (Å²) >= 11 is 0. The lowest BCUT2D eigenvalue weighted by Gasteiger charge is -2.10. The number of phenolic OH excluding ortho intramolecular Hbond substituents is 1. The van der Waals surface area contributed by atoms with Crippen LogP contribution in [0.4, 0.5) is 0 Å². The Labute approximate surface area is 143 Å². The summed E-state index contributed by atoms with van der Waals surface area (Å²) in [5, 5.41) is 9.80. The molecule has 130 valence electrons. The molecule has 1 heterocycles. The molecule has 0 aliphatic carbocycles. The summed E-state index contributed by atoms with van der Waals surface area (Å²) in [7, 11) is -1.32. The molecule has 0 aliphatic heterocycles. The molecule has 0 atom stereocenters. The molecule has 0 saturated carbocycles. The van der Waals surface area contributed by atoms with Gasteiger partial charge in [0.05, 0.1) is 19.1 Å². The van der Waals surface area contributed by atoms with Gasteiger partial charge in [0.1, 0.15) is 11.3 Å². The van der Waals surface area contributed by atoms with Crippen molar-refractivity contribution < 1.29 is 27.4 Å². The smallest absolute Gasteiger partial charge is 0.355 e. The molecule has 0 bridgehead atoms. The highest BCUT2D eigenvalue weighted by Gasteiger charge is 2.25. The van der Waals surface area contributed by atoms with Crippen molar-refractivity contribution in [1.82, 2.24) is 0 Å². The third-order valence-electron chi connectivity index (χ3n) is 3.64. The predicted molar refractivity (Wildman–Crippen MR) is 89.1 cm³/mol. The van der Waals surface area contributed by atoms with Crippen molar-refractivity contribution >= 4 is 20.8 Å². The topological polar surface area (TPSA) is 103 Å². The Morgan fingerprint density at radius 3 is 2.36 bits per heavy atom. The molecule has 0 saturated heterocycles. The van der Waals surface area contributed by atoms with Gasteiger partial charge in [-0.2, -0.15) is 0 Å². The molecule has 0 unspecified atom stereocenters. The van der Waals surface area contributed by atoms with Crippen molar-refractivity contribution in [2.45, 2.75) is 9.79 Å². The van der Waals surface area contributed by atoms with Crippen LogP contribution in [-0.4, -0.2) is 27.7 Å². The van der Waals surface area contributed by atoms with Crippen molar-refractivity contribution in [3.8, 4) is 17.2 Å². The van der Waals surface area contributed by atoms with E-state index in [-0.39, 0.29) is 22.0 Å². The minimum Gasteiger partial charge on any atom is -0.508 e. The van der Waals surface area contributed by atoms with E-state index in [1.807, 2.05) is 0 Å². The van der Waals surface area contributed by atoms with Crippen LogP contribution in [0.15, 0.2) is 61.5 Å². The fourth-order valence-corrected chi connectivity index (χ4v) is 3.69. The fourth-order valence-electron chi connectivity index (χ4n) is 2.38. The van der Waals surface area contributed by atoms with E-state index in [9.17, 15) is 18.3 Å². The number of fused-ring (bicyclic) bond motifs is 1. The average molecular weight is 362 g/mol. The Morgan fingerprint density at radius 1 is 0.960 bits per heavy atom. The van der Waals surface area contributed by atoms with Gasteiger partial charge in [0.2, 0.25) is 9.84 Å². The van der Waals surface area contributed by atoms with Crippen molar-refractivity contribution in [3.05, 3.63) is 52.9 Å². The minimum absolute atomic E-state index is 0.0915. The van der Waals surface area contributed by atoms with Crippen LogP contribution in [0, 0.1) is 0 Å². The third kappa shape index (κ3) is 2.91. The Balaban J connectivity index is 2.21. The molecule has 25 heavy (non-hydrogen) atoms.